The second kappa shape index (κ2) is 8.41. The van der Waals surface area contributed by atoms with E-state index in [-0.39, 0.29) is 5.78 Å². The molecule has 0 fully saturated rings. The number of hydrogen-bond acceptors (Lipinski definition) is 3. The number of nitrogens with zero attached hydrogens (tertiary/aromatic N) is 1. The number of nitrogens with one attached hydrogen (secondary N) is 1. The molecule has 0 unspecified atom stereocenters. The monoisotopic (exact) mass is 345 g/mol. The van der Waals surface area contributed by atoms with E-state index < -0.39 is 6.04 Å². The molecule has 1 aromatic heterocycles. The molecule has 4 heteroatoms. The number of aromatic nitrogens is 2. The smallest absolute Gasteiger partial charge is 0.154 e. The topological polar surface area (TPSA) is 71.8 Å². The SMILES string of the molecule is Cc1ccc(/C=C/c2ccc(CC(=O)[C@@H](N)Cc3c[nH]cn3)cc2)cc1. The summed E-state index contributed by atoms with van der Waals surface area (Å²) in [5.41, 5.74) is 11.3. The third-order valence-corrected chi connectivity index (χ3v) is 4.30. The number of Topliss-reactive ketones (excluding diaryl/α,β-unsaturated/α-hetero) is 1. The highest BCUT2D eigenvalue weighted by Crippen LogP contribution is 2.12. The Morgan fingerprint density at radius 2 is 1.69 bits per heavy atom. The molecule has 0 radical (unpaired) electrons. The number of rotatable bonds is 7. The Balaban J connectivity index is 1.56. The van der Waals surface area contributed by atoms with Crippen LogP contribution in [-0.4, -0.2) is 21.8 Å². The van der Waals surface area contributed by atoms with E-state index in [0.717, 1.165) is 16.8 Å². The molecule has 26 heavy (non-hydrogen) atoms. The molecule has 3 rings (SSSR count). The van der Waals surface area contributed by atoms with Gasteiger partial charge in [0.05, 0.1) is 18.1 Å². The summed E-state index contributed by atoms with van der Waals surface area (Å²) in [6.45, 7) is 2.08. The molecular weight excluding hydrogens is 322 g/mol. The van der Waals surface area contributed by atoms with Gasteiger partial charge in [-0.1, -0.05) is 66.2 Å². The Morgan fingerprint density at radius 1 is 1.08 bits per heavy atom. The molecule has 0 aliphatic carbocycles. The highest BCUT2D eigenvalue weighted by molar-refractivity contribution is 5.86. The first-order valence-electron chi connectivity index (χ1n) is 8.70. The Hall–Kier alpha value is -2.98. The third kappa shape index (κ3) is 5.01. The van der Waals surface area contributed by atoms with Crippen LogP contribution >= 0.6 is 0 Å². The van der Waals surface area contributed by atoms with Crippen molar-refractivity contribution < 1.29 is 4.79 Å². The molecular formula is C22H23N3O. The van der Waals surface area contributed by atoms with Crippen molar-refractivity contribution >= 4 is 17.9 Å². The fraction of sp³-hybridized carbons (Fsp3) is 0.182. The van der Waals surface area contributed by atoms with E-state index >= 15 is 0 Å². The lowest BCUT2D eigenvalue weighted by Crippen LogP contribution is -2.34. The maximum atomic E-state index is 12.3. The van der Waals surface area contributed by atoms with Crippen LogP contribution in [0, 0.1) is 6.92 Å². The van der Waals surface area contributed by atoms with Gasteiger partial charge in [-0.2, -0.15) is 0 Å². The highest BCUT2D eigenvalue weighted by atomic mass is 16.1. The first kappa shape index (κ1) is 17.8. The molecule has 132 valence electrons. The zero-order valence-corrected chi connectivity index (χ0v) is 14.9. The molecule has 2 aromatic carbocycles. The lowest BCUT2D eigenvalue weighted by molar-refractivity contribution is -0.119. The Morgan fingerprint density at radius 3 is 2.27 bits per heavy atom. The predicted octanol–water partition coefficient (Wildman–Crippen LogP) is 3.57. The van der Waals surface area contributed by atoms with E-state index in [1.165, 1.54) is 11.1 Å². The lowest BCUT2D eigenvalue weighted by atomic mass is 10.00. The molecule has 3 N–H and O–H groups in total. The van der Waals surface area contributed by atoms with Gasteiger partial charge >= 0.3 is 0 Å². The van der Waals surface area contributed by atoms with Crippen molar-refractivity contribution in [2.24, 2.45) is 5.73 Å². The number of aryl methyl sites for hydroxylation is 1. The number of H-pyrrole nitrogens is 1. The summed E-state index contributed by atoms with van der Waals surface area (Å²) in [7, 11) is 0. The molecule has 1 heterocycles. The fourth-order valence-corrected chi connectivity index (χ4v) is 2.69. The minimum atomic E-state index is -0.528. The van der Waals surface area contributed by atoms with E-state index in [0.29, 0.717) is 12.8 Å². The molecule has 0 bridgehead atoms. The predicted molar refractivity (Wildman–Crippen MR) is 106 cm³/mol. The van der Waals surface area contributed by atoms with Crippen LogP contribution in [-0.2, 0) is 17.6 Å². The molecule has 0 aliphatic heterocycles. The molecule has 0 aliphatic rings. The largest absolute Gasteiger partial charge is 0.351 e. The Kier molecular flexibility index (Phi) is 5.77. The number of aromatic amines is 1. The molecule has 1 atom stereocenters. The number of carbonyl (C=O) groups excluding carboxylic acids is 1. The minimum Gasteiger partial charge on any atom is -0.351 e. The van der Waals surface area contributed by atoms with Crippen LogP contribution in [0.4, 0.5) is 0 Å². The van der Waals surface area contributed by atoms with Crippen LogP contribution in [0.5, 0.6) is 0 Å². The molecule has 4 nitrogen and oxygen atoms in total. The van der Waals surface area contributed by atoms with Crippen LogP contribution in [0.2, 0.25) is 0 Å². The van der Waals surface area contributed by atoms with Crippen molar-refractivity contribution in [1.82, 2.24) is 9.97 Å². The van der Waals surface area contributed by atoms with Gasteiger partial charge < -0.3 is 10.7 Å². The molecule has 0 spiro atoms. The summed E-state index contributed by atoms with van der Waals surface area (Å²) in [5, 5.41) is 0. The molecule has 3 aromatic rings. The van der Waals surface area contributed by atoms with Crippen molar-refractivity contribution in [1.29, 1.82) is 0 Å². The van der Waals surface area contributed by atoms with Crippen molar-refractivity contribution in [3.05, 3.63) is 89.0 Å². The first-order chi connectivity index (χ1) is 12.6. The van der Waals surface area contributed by atoms with E-state index in [1.54, 1.807) is 12.5 Å². The van der Waals surface area contributed by atoms with Crippen molar-refractivity contribution in [3.63, 3.8) is 0 Å². The number of hydrogen-bond donors (Lipinski definition) is 2. The van der Waals surface area contributed by atoms with Gasteiger partial charge in [-0.15, -0.1) is 0 Å². The zero-order valence-electron chi connectivity index (χ0n) is 14.9. The molecule has 0 saturated heterocycles. The molecule has 0 amide bonds. The van der Waals surface area contributed by atoms with Gasteiger partial charge in [0.2, 0.25) is 0 Å². The Labute approximate surface area is 153 Å². The maximum Gasteiger partial charge on any atom is 0.154 e. The average molecular weight is 345 g/mol. The van der Waals surface area contributed by atoms with Crippen LogP contribution in [0.25, 0.3) is 12.2 Å². The summed E-state index contributed by atoms with van der Waals surface area (Å²) in [6, 6.07) is 15.9. The van der Waals surface area contributed by atoms with E-state index in [4.69, 9.17) is 5.73 Å². The van der Waals surface area contributed by atoms with Gasteiger partial charge in [0.25, 0.3) is 0 Å². The maximum absolute atomic E-state index is 12.3. The van der Waals surface area contributed by atoms with Crippen molar-refractivity contribution in [2.75, 3.05) is 0 Å². The number of imidazole rings is 1. The summed E-state index contributed by atoms with van der Waals surface area (Å²) >= 11 is 0. The quantitative estimate of drug-likeness (QED) is 0.643. The van der Waals surface area contributed by atoms with Crippen molar-refractivity contribution in [3.8, 4) is 0 Å². The van der Waals surface area contributed by atoms with Crippen molar-refractivity contribution in [2.45, 2.75) is 25.8 Å². The normalized spacial score (nSPS) is 12.4. The van der Waals surface area contributed by atoms with Gasteiger partial charge in [-0.05, 0) is 23.6 Å². The number of nitrogens with two attached hydrogens (primary N) is 1. The van der Waals surface area contributed by atoms with Gasteiger partial charge in [-0.3, -0.25) is 4.79 Å². The van der Waals surface area contributed by atoms with Gasteiger partial charge in [0, 0.05) is 19.0 Å². The second-order valence-corrected chi connectivity index (χ2v) is 6.50. The van der Waals surface area contributed by atoms with Crippen LogP contribution in [0.15, 0.2) is 61.1 Å². The number of benzene rings is 2. The summed E-state index contributed by atoms with van der Waals surface area (Å²) in [5.74, 6) is 0.0240. The fourth-order valence-electron chi connectivity index (χ4n) is 2.69. The van der Waals surface area contributed by atoms with Gasteiger partial charge in [0.1, 0.15) is 0 Å². The van der Waals surface area contributed by atoms with Gasteiger partial charge in [0.15, 0.2) is 5.78 Å². The lowest BCUT2D eigenvalue weighted by Gasteiger charge is -2.09. The minimum absolute atomic E-state index is 0.0240. The standard InChI is InChI=1S/C22H23N3O/c1-16-2-4-17(5-3-16)6-7-18-8-10-19(11-9-18)12-22(26)21(23)13-20-14-24-15-25-20/h2-11,14-15,21H,12-13,23H2,1H3,(H,24,25)/b7-6+/t21-/m0/s1. The summed E-state index contributed by atoms with van der Waals surface area (Å²) in [4.78, 5) is 19.3. The summed E-state index contributed by atoms with van der Waals surface area (Å²) in [6.07, 6.45) is 8.31. The van der Waals surface area contributed by atoms with Crippen LogP contribution < -0.4 is 5.73 Å². The second-order valence-electron chi connectivity index (χ2n) is 6.50. The van der Waals surface area contributed by atoms with Crippen LogP contribution in [0.1, 0.15) is 27.9 Å². The van der Waals surface area contributed by atoms with E-state index in [1.807, 2.05) is 24.3 Å². The first-order valence-corrected chi connectivity index (χ1v) is 8.70. The van der Waals surface area contributed by atoms with E-state index in [9.17, 15) is 4.79 Å². The average Bonchev–Trinajstić information content (AvgIpc) is 3.15. The Bertz CT molecular complexity index is 863. The third-order valence-electron chi connectivity index (χ3n) is 4.30. The van der Waals surface area contributed by atoms with E-state index in [2.05, 4.69) is 53.3 Å². The summed E-state index contributed by atoms with van der Waals surface area (Å²) < 4.78 is 0. The number of carbonyl (C=O) groups is 1. The molecule has 0 saturated carbocycles. The number of ketones is 1. The zero-order chi connectivity index (χ0) is 18.4. The highest BCUT2D eigenvalue weighted by Gasteiger charge is 2.15. The van der Waals surface area contributed by atoms with Crippen LogP contribution in [0.3, 0.4) is 0 Å². The van der Waals surface area contributed by atoms with Gasteiger partial charge in [-0.25, -0.2) is 4.98 Å².